The van der Waals surface area contributed by atoms with Crippen LogP contribution < -0.4 is 0 Å². The lowest BCUT2D eigenvalue weighted by atomic mass is 9.99. The van der Waals surface area contributed by atoms with Gasteiger partial charge in [-0.1, -0.05) is 30.3 Å². The molecule has 0 fully saturated rings. The van der Waals surface area contributed by atoms with Crippen LogP contribution in [-0.2, 0) is 12.8 Å². The van der Waals surface area contributed by atoms with E-state index in [0.29, 0.717) is 10.9 Å². The summed E-state index contributed by atoms with van der Waals surface area (Å²) in [5.41, 5.74) is -0.403. The quantitative estimate of drug-likeness (QED) is 0.790. The maximum absolute atomic E-state index is 12.8. The van der Waals surface area contributed by atoms with Crippen LogP contribution in [0.5, 0.6) is 0 Å². The Kier molecular flexibility index (Phi) is 2.59. The predicted octanol–water partition coefficient (Wildman–Crippen LogP) is 3.35. The lowest BCUT2D eigenvalue weighted by Crippen LogP contribution is -2.06. The van der Waals surface area contributed by atoms with E-state index < -0.39 is 18.3 Å². The minimum absolute atomic E-state index is 0.0833. The number of halogens is 3. The molecule has 0 unspecified atom stereocenters. The highest BCUT2D eigenvalue weighted by molar-refractivity contribution is 5.89. The molecule has 0 atom stereocenters. The zero-order valence-corrected chi connectivity index (χ0v) is 8.25. The van der Waals surface area contributed by atoms with Crippen LogP contribution in [0.2, 0.25) is 0 Å². The summed E-state index contributed by atoms with van der Waals surface area (Å²) in [7, 11) is 0. The van der Waals surface area contributed by atoms with Crippen LogP contribution in [0.15, 0.2) is 36.4 Å². The third-order valence-electron chi connectivity index (χ3n) is 2.47. The average Bonchev–Trinajstić information content (AvgIpc) is 2.26. The van der Waals surface area contributed by atoms with Crippen molar-refractivity contribution in [1.29, 1.82) is 0 Å². The molecule has 0 amide bonds. The van der Waals surface area contributed by atoms with Gasteiger partial charge in [-0.05, 0) is 22.4 Å². The summed E-state index contributed by atoms with van der Waals surface area (Å²) >= 11 is 0. The van der Waals surface area contributed by atoms with E-state index in [1.165, 1.54) is 12.1 Å². The Bertz CT molecular complexity index is 512. The minimum atomic E-state index is -4.40. The SMILES string of the molecule is OCc1cccc2cccc(C(F)(F)F)c12. The number of benzene rings is 2. The van der Waals surface area contributed by atoms with Gasteiger partial charge in [0, 0.05) is 0 Å². The zero-order chi connectivity index (χ0) is 11.8. The molecule has 4 heteroatoms. The fraction of sp³-hybridized carbons (Fsp3) is 0.167. The number of alkyl halides is 3. The van der Waals surface area contributed by atoms with Crippen LogP contribution in [0.25, 0.3) is 10.8 Å². The van der Waals surface area contributed by atoms with Crippen LogP contribution in [0.3, 0.4) is 0 Å². The van der Waals surface area contributed by atoms with Crippen LogP contribution in [0.1, 0.15) is 11.1 Å². The lowest BCUT2D eigenvalue weighted by Gasteiger charge is -2.12. The molecular weight excluding hydrogens is 217 g/mol. The molecule has 1 N–H and O–H groups in total. The van der Waals surface area contributed by atoms with E-state index in [1.807, 2.05) is 0 Å². The Balaban J connectivity index is 2.84. The molecule has 0 saturated heterocycles. The Morgan fingerprint density at radius 3 is 2.19 bits per heavy atom. The van der Waals surface area contributed by atoms with Crippen molar-refractivity contribution in [2.24, 2.45) is 0 Å². The molecule has 0 aromatic heterocycles. The molecule has 2 aromatic carbocycles. The summed E-state index contributed by atoms with van der Waals surface area (Å²) in [6.07, 6.45) is -4.40. The second kappa shape index (κ2) is 3.79. The lowest BCUT2D eigenvalue weighted by molar-refractivity contribution is -0.136. The molecular formula is C12H9F3O. The Labute approximate surface area is 90.1 Å². The van der Waals surface area contributed by atoms with Crippen molar-refractivity contribution in [3.63, 3.8) is 0 Å². The number of hydrogen-bond acceptors (Lipinski definition) is 1. The summed E-state index contributed by atoms with van der Waals surface area (Å²) < 4.78 is 38.3. The van der Waals surface area contributed by atoms with Crippen molar-refractivity contribution in [2.75, 3.05) is 0 Å². The van der Waals surface area contributed by atoms with Gasteiger partial charge in [-0.15, -0.1) is 0 Å². The molecule has 84 valence electrons. The van der Waals surface area contributed by atoms with E-state index >= 15 is 0 Å². The topological polar surface area (TPSA) is 20.2 Å². The summed E-state index contributed by atoms with van der Waals surface area (Å²) in [5.74, 6) is 0. The summed E-state index contributed by atoms with van der Waals surface area (Å²) in [6, 6.07) is 8.73. The highest BCUT2D eigenvalue weighted by Crippen LogP contribution is 2.36. The normalized spacial score (nSPS) is 12.0. The minimum Gasteiger partial charge on any atom is -0.392 e. The van der Waals surface area contributed by atoms with E-state index in [1.54, 1.807) is 18.2 Å². The van der Waals surface area contributed by atoms with E-state index in [0.717, 1.165) is 6.07 Å². The maximum Gasteiger partial charge on any atom is 0.417 e. The Hall–Kier alpha value is -1.55. The molecule has 0 aliphatic carbocycles. The van der Waals surface area contributed by atoms with Gasteiger partial charge in [-0.25, -0.2) is 0 Å². The third-order valence-corrected chi connectivity index (χ3v) is 2.47. The highest BCUT2D eigenvalue weighted by Gasteiger charge is 2.32. The van der Waals surface area contributed by atoms with Gasteiger partial charge >= 0.3 is 6.18 Å². The third kappa shape index (κ3) is 1.76. The zero-order valence-electron chi connectivity index (χ0n) is 8.25. The molecule has 0 aliphatic rings. The largest absolute Gasteiger partial charge is 0.417 e. The second-order valence-corrected chi connectivity index (χ2v) is 3.48. The molecule has 1 nitrogen and oxygen atoms in total. The van der Waals surface area contributed by atoms with E-state index in [-0.39, 0.29) is 5.39 Å². The molecule has 2 rings (SSSR count). The van der Waals surface area contributed by atoms with Gasteiger partial charge in [0.1, 0.15) is 0 Å². The highest BCUT2D eigenvalue weighted by atomic mass is 19.4. The van der Waals surface area contributed by atoms with Crippen LogP contribution >= 0.6 is 0 Å². The van der Waals surface area contributed by atoms with E-state index in [2.05, 4.69) is 0 Å². The fourth-order valence-corrected chi connectivity index (χ4v) is 1.79. The molecule has 0 saturated carbocycles. The summed E-state index contributed by atoms with van der Waals surface area (Å²) in [4.78, 5) is 0. The number of hydrogen-bond donors (Lipinski definition) is 1. The van der Waals surface area contributed by atoms with Gasteiger partial charge < -0.3 is 5.11 Å². The fourth-order valence-electron chi connectivity index (χ4n) is 1.79. The first kappa shape index (κ1) is 11.0. The van der Waals surface area contributed by atoms with Crippen LogP contribution in [-0.4, -0.2) is 5.11 Å². The Morgan fingerprint density at radius 1 is 1.00 bits per heavy atom. The first-order valence-electron chi connectivity index (χ1n) is 4.72. The molecule has 0 spiro atoms. The van der Waals surface area contributed by atoms with Gasteiger partial charge in [0.05, 0.1) is 12.2 Å². The van der Waals surface area contributed by atoms with Gasteiger partial charge in [0.2, 0.25) is 0 Å². The monoisotopic (exact) mass is 226 g/mol. The molecule has 0 heterocycles. The predicted molar refractivity (Wildman–Crippen MR) is 54.9 cm³/mol. The summed E-state index contributed by atoms with van der Waals surface area (Å²) in [5, 5.41) is 9.63. The molecule has 0 radical (unpaired) electrons. The standard InChI is InChI=1S/C12H9F3O/c13-12(14,15)10-6-2-4-8-3-1-5-9(7-16)11(8)10/h1-6,16H,7H2. The van der Waals surface area contributed by atoms with E-state index in [9.17, 15) is 13.2 Å². The van der Waals surface area contributed by atoms with Gasteiger partial charge in [-0.3, -0.25) is 0 Å². The average molecular weight is 226 g/mol. The molecule has 16 heavy (non-hydrogen) atoms. The van der Waals surface area contributed by atoms with Crippen molar-refractivity contribution in [3.05, 3.63) is 47.5 Å². The van der Waals surface area contributed by atoms with Crippen molar-refractivity contribution in [2.45, 2.75) is 12.8 Å². The molecule has 0 bridgehead atoms. The number of aliphatic hydroxyl groups is 1. The number of rotatable bonds is 1. The van der Waals surface area contributed by atoms with E-state index in [4.69, 9.17) is 5.11 Å². The number of aliphatic hydroxyl groups excluding tert-OH is 1. The van der Waals surface area contributed by atoms with Crippen LogP contribution in [0, 0.1) is 0 Å². The maximum atomic E-state index is 12.8. The first-order chi connectivity index (χ1) is 7.54. The smallest absolute Gasteiger partial charge is 0.392 e. The van der Waals surface area contributed by atoms with Crippen molar-refractivity contribution in [1.82, 2.24) is 0 Å². The Morgan fingerprint density at radius 2 is 1.62 bits per heavy atom. The van der Waals surface area contributed by atoms with Gasteiger partial charge in [0.15, 0.2) is 0 Å². The second-order valence-electron chi connectivity index (χ2n) is 3.48. The van der Waals surface area contributed by atoms with Crippen molar-refractivity contribution in [3.8, 4) is 0 Å². The van der Waals surface area contributed by atoms with Crippen LogP contribution in [0.4, 0.5) is 13.2 Å². The molecule has 0 aliphatic heterocycles. The molecule has 2 aromatic rings. The van der Waals surface area contributed by atoms with Crippen molar-refractivity contribution < 1.29 is 18.3 Å². The van der Waals surface area contributed by atoms with Gasteiger partial charge in [-0.2, -0.15) is 13.2 Å². The number of fused-ring (bicyclic) bond motifs is 1. The van der Waals surface area contributed by atoms with Crippen molar-refractivity contribution >= 4 is 10.8 Å². The summed E-state index contributed by atoms with van der Waals surface area (Å²) in [6.45, 7) is -0.398. The van der Waals surface area contributed by atoms with Gasteiger partial charge in [0.25, 0.3) is 0 Å². The first-order valence-corrected chi connectivity index (χ1v) is 4.72.